The number of nitrogens with zero attached hydrogens (tertiary/aromatic N) is 3. The first kappa shape index (κ1) is 29.2. The van der Waals surface area contributed by atoms with Crippen molar-refractivity contribution in [2.24, 2.45) is 0 Å². The Bertz CT molecular complexity index is 1300. The number of likely N-dealkylation sites (tertiary alicyclic amines) is 1. The molecule has 41 heavy (non-hydrogen) atoms. The number of hydrogen-bond donors (Lipinski definition) is 0. The Morgan fingerprint density at radius 3 is 2.15 bits per heavy atom. The lowest BCUT2D eigenvalue weighted by Crippen LogP contribution is -2.48. The van der Waals surface area contributed by atoms with Gasteiger partial charge < -0.3 is 14.5 Å². The van der Waals surface area contributed by atoms with Crippen LogP contribution in [0, 0.1) is 0 Å². The van der Waals surface area contributed by atoms with Crippen molar-refractivity contribution in [3.63, 3.8) is 0 Å². The van der Waals surface area contributed by atoms with E-state index in [1.54, 1.807) is 4.90 Å². The van der Waals surface area contributed by atoms with Gasteiger partial charge >= 0.3 is 12.3 Å². The minimum Gasteiger partial charge on any atom is -0.444 e. The predicted octanol–water partition coefficient (Wildman–Crippen LogP) is 6.10. The summed E-state index contributed by atoms with van der Waals surface area (Å²) in [6.45, 7) is 10.1. The topological polar surface area (TPSA) is 53.1 Å². The number of benzene rings is 2. The number of piperidine rings is 1. The fourth-order valence-electron chi connectivity index (χ4n) is 5.85. The molecule has 2 heterocycles. The maximum absolute atomic E-state index is 13.3. The number of piperazine rings is 1. The highest BCUT2D eigenvalue weighted by Gasteiger charge is 2.31. The molecule has 0 radical (unpaired) electrons. The van der Waals surface area contributed by atoms with Gasteiger partial charge in [0.25, 0.3) is 0 Å². The summed E-state index contributed by atoms with van der Waals surface area (Å²) in [6.07, 6.45) is -0.201. The Hall–Kier alpha value is -3.33. The van der Waals surface area contributed by atoms with E-state index in [9.17, 15) is 22.8 Å². The first-order valence-corrected chi connectivity index (χ1v) is 14.3. The zero-order valence-electron chi connectivity index (χ0n) is 24.0. The molecular weight excluding hydrogens is 531 g/mol. The van der Waals surface area contributed by atoms with Crippen LogP contribution in [-0.2, 0) is 28.7 Å². The van der Waals surface area contributed by atoms with E-state index in [1.807, 2.05) is 31.7 Å². The van der Waals surface area contributed by atoms with Gasteiger partial charge in [0, 0.05) is 57.8 Å². The number of carbonyl (C=O) groups is 2. The minimum atomic E-state index is -4.33. The van der Waals surface area contributed by atoms with Crippen LogP contribution in [-0.4, -0.2) is 71.6 Å². The highest BCUT2D eigenvalue weighted by atomic mass is 19.4. The second-order valence-electron chi connectivity index (χ2n) is 12.3. The van der Waals surface area contributed by atoms with E-state index < -0.39 is 17.3 Å². The van der Waals surface area contributed by atoms with Crippen LogP contribution in [0.3, 0.4) is 0 Å². The molecule has 6 nitrogen and oxygen atoms in total. The standard InChI is InChI=1S/C32H38F3N3O3/c1-31(2,3)41-30(40)38-12-10-23(11-13-38)24-6-7-25-19-27(20-26(25)18-24)29(39)37-16-14-36(15-17-37)21-22-4-8-28(9-5-22)32(33,34)35/h4-9,18-19,23H,10-17,20-21H2,1-3H3. The summed E-state index contributed by atoms with van der Waals surface area (Å²) in [7, 11) is 0. The number of ether oxygens (including phenoxy) is 1. The normalized spacial score (nSPS) is 18.7. The molecule has 0 bridgehead atoms. The summed E-state index contributed by atoms with van der Waals surface area (Å²) in [5.74, 6) is 0.430. The zero-order chi connectivity index (χ0) is 29.4. The van der Waals surface area contributed by atoms with Gasteiger partial charge in [-0.3, -0.25) is 9.69 Å². The molecule has 2 fully saturated rings. The molecule has 2 aromatic rings. The third-order valence-corrected chi connectivity index (χ3v) is 8.12. The van der Waals surface area contributed by atoms with Crippen molar-refractivity contribution in [2.45, 2.75) is 64.3 Å². The van der Waals surface area contributed by atoms with Crippen LogP contribution in [0.25, 0.3) is 6.08 Å². The minimum absolute atomic E-state index is 0.0580. The second-order valence-corrected chi connectivity index (χ2v) is 12.3. The van der Waals surface area contributed by atoms with Gasteiger partial charge in [0.2, 0.25) is 5.91 Å². The van der Waals surface area contributed by atoms with E-state index in [-0.39, 0.29) is 12.0 Å². The predicted molar refractivity (Wildman–Crippen MR) is 151 cm³/mol. The number of hydrogen-bond acceptors (Lipinski definition) is 4. The van der Waals surface area contributed by atoms with Crippen LogP contribution >= 0.6 is 0 Å². The number of amides is 2. The third-order valence-electron chi connectivity index (χ3n) is 8.12. The largest absolute Gasteiger partial charge is 0.444 e. The Morgan fingerprint density at radius 1 is 0.878 bits per heavy atom. The van der Waals surface area contributed by atoms with Crippen LogP contribution < -0.4 is 0 Å². The number of alkyl halides is 3. The van der Waals surface area contributed by atoms with E-state index in [1.165, 1.54) is 23.3 Å². The summed E-state index contributed by atoms with van der Waals surface area (Å²) in [5, 5.41) is 0. The molecule has 0 atom stereocenters. The van der Waals surface area contributed by atoms with E-state index in [4.69, 9.17) is 4.74 Å². The number of halogens is 3. The SMILES string of the molecule is CC(C)(C)OC(=O)N1CCC(c2ccc3c(c2)CC(C(=O)N2CCN(Cc4ccc(C(F)(F)F)cc4)CC2)=C3)CC1. The van der Waals surface area contributed by atoms with E-state index >= 15 is 0 Å². The van der Waals surface area contributed by atoms with Gasteiger partial charge in [-0.25, -0.2) is 4.79 Å². The highest BCUT2D eigenvalue weighted by Crippen LogP contribution is 2.34. The summed E-state index contributed by atoms with van der Waals surface area (Å²) in [6, 6.07) is 11.8. The lowest BCUT2D eigenvalue weighted by Gasteiger charge is -2.35. The van der Waals surface area contributed by atoms with Crippen molar-refractivity contribution in [3.05, 3.63) is 75.9 Å². The van der Waals surface area contributed by atoms with Crippen molar-refractivity contribution in [3.8, 4) is 0 Å². The Kier molecular flexibility index (Phi) is 8.19. The van der Waals surface area contributed by atoms with Gasteiger partial charge in [-0.15, -0.1) is 0 Å². The number of rotatable bonds is 4. The van der Waals surface area contributed by atoms with Crippen LogP contribution in [0.2, 0.25) is 0 Å². The zero-order valence-corrected chi connectivity index (χ0v) is 24.0. The third kappa shape index (κ3) is 7.12. The van der Waals surface area contributed by atoms with Crippen molar-refractivity contribution >= 4 is 18.1 Å². The molecule has 5 rings (SSSR count). The molecule has 2 aliphatic heterocycles. The number of carbonyl (C=O) groups excluding carboxylic acids is 2. The fraction of sp³-hybridized carbons (Fsp3) is 0.500. The average Bonchev–Trinajstić information content (AvgIpc) is 3.36. The van der Waals surface area contributed by atoms with Gasteiger partial charge in [0.05, 0.1) is 5.56 Å². The van der Waals surface area contributed by atoms with Gasteiger partial charge in [-0.2, -0.15) is 13.2 Å². The Morgan fingerprint density at radius 2 is 1.54 bits per heavy atom. The molecule has 2 saturated heterocycles. The molecule has 0 saturated carbocycles. The quantitative estimate of drug-likeness (QED) is 0.446. The number of fused-ring (bicyclic) bond motifs is 1. The molecule has 2 amide bonds. The molecule has 0 unspecified atom stereocenters. The van der Waals surface area contributed by atoms with Crippen LogP contribution in [0.15, 0.2) is 48.0 Å². The average molecular weight is 570 g/mol. The first-order valence-electron chi connectivity index (χ1n) is 14.3. The lowest BCUT2D eigenvalue weighted by molar-refractivity contribution is -0.137. The molecular formula is C32H38F3N3O3. The summed E-state index contributed by atoms with van der Waals surface area (Å²) < 4.78 is 44.0. The first-order chi connectivity index (χ1) is 19.4. The molecule has 0 spiro atoms. The molecule has 0 N–H and O–H groups in total. The van der Waals surface area contributed by atoms with E-state index in [2.05, 4.69) is 23.1 Å². The molecule has 220 valence electrons. The molecule has 9 heteroatoms. The second kappa shape index (κ2) is 11.5. The molecule has 2 aromatic carbocycles. The maximum Gasteiger partial charge on any atom is 0.416 e. The van der Waals surface area contributed by atoms with E-state index in [0.29, 0.717) is 58.2 Å². The smallest absolute Gasteiger partial charge is 0.416 e. The van der Waals surface area contributed by atoms with Crippen molar-refractivity contribution in [2.75, 3.05) is 39.3 Å². The van der Waals surface area contributed by atoms with Gasteiger partial charge in [0.1, 0.15) is 5.60 Å². The summed E-state index contributed by atoms with van der Waals surface area (Å²) in [5.41, 5.74) is 4.00. The fourth-order valence-corrected chi connectivity index (χ4v) is 5.85. The Balaban J connectivity index is 1.10. The summed E-state index contributed by atoms with van der Waals surface area (Å²) in [4.78, 5) is 31.6. The molecule has 0 aromatic heterocycles. The van der Waals surface area contributed by atoms with Crippen molar-refractivity contribution in [1.29, 1.82) is 0 Å². The van der Waals surface area contributed by atoms with E-state index in [0.717, 1.165) is 41.7 Å². The van der Waals surface area contributed by atoms with Crippen molar-refractivity contribution in [1.82, 2.24) is 14.7 Å². The van der Waals surface area contributed by atoms with Crippen LogP contribution in [0.4, 0.5) is 18.0 Å². The van der Waals surface area contributed by atoms with Crippen LogP contribution in [0.5, 0.6) is 0 Å². The highest BCUT2D eigenvalue weighted by molar-refractivity contribution is 6.00. The molecule has 3 aliphatic rings. The molecule has 1 aliphatic carbocycles. The van der Waals surface area contributed by atoms with Gasteiger partial charge in [0.15, 0.2) is 0 Å². The maximum atomic E-state index is 13.3. The van der Waals surface area contributed by atoms with Gasteiger partial charge in [-0.05, 0) is 80.0 Å². The van der Waals surface area contributed by atoms with Crippen LogP contribution in [0.1, 0.15) is 67.3 Å². The Labute approximate surface area is 239 Å². The lowest BCUT2D eigenvalue weighted by atomic mass is 9.88. The monoisotopic (exact) mass is 569 g/mol. The van der Waals surface area contributed by atoms with Crippen molar-refractivity contribution < 1.29 is 27.5 Å². The van der Waals surface area contributed by atoms with Gasteiger partial charge in [-0.1, -0.05) is 30.3 Å². The summed E-state index contributed by atoms with van der Waals surface area (Å²) >= 11 is 0.